The summed E-state index contributed by atoms with van der Waals surface area (Å²) in [6, 6.07) is 0.153. The van der Waals surface area contributed by atoms with Crippen LogP contribution in [0.4, 0.5) is 0 Å². The van der Waals surface area contributed by atoms with E-state index in [1.54, 1.807) is 0 Å². The number of nitrogens with zero attached hydrogens (tertiary/aromatic N) is 2. The Balaban J connectivity index is 2.13. The van der Waals surface area contributed by atoms with Gasteiger partial charge in [-0.1, -0.05) is 52.4 Å². The van der Waals surface area contributed by atoms with Crippen molar-refractivity contribution in [2.45, 2.75) is 78.2 Å². The molecule has 0 aliphatic carbocycles. The van der Waals surface area contributed by atoms with E-state index in [4.69, 9.17) is 4.42 Å². The van der Waals surface area contributed by atoms with Crippen LogP contribution in [0.1, 0.15) is 83.5 Å². The summed E-state index contributed by atoms with van der Waals surface area (Å²) in [4.78, 5) is 0. The molecule has 0 amide bonds. The second-order valence-corrected chi connectivity index (χ2v) is 5.18. The van der Waals surface area contributed by atoms with Crippen LogP contribution in [-0.4, -0.2) is 16.7 Å². The first-order valence-electron chi connectivity index (χ1n) is 7.83. The third-order valence-electron chi connectivity index (χ3n) is 3.36. The molecule has 1 atom stereocenters. The lowest BCUT2D eigenvalue weighted by Crippen LogP contribution is -2.17. The molecule has 1 N–H and O–H groups in total. The molecule has 4 heteroatoms. The van der Waals surface area contributed by atoms with E-state index in [2.05, 4.69) is 36.3 Å². The van der Waals surface area contributed by atoms with Gasteiger partial charge >= 0.3 is 0 Å². The lowest BCUT2D eigenvalue weighted by atomic mass is 10.1. The van der Waals surface area contributed by atoms with Crippen LogP contribution in [-0.2, 0) is 6.42 Å². The molecule has 0 aromatic carbocycles. The largest absolute Gasteiger partial charge is 0.424 e. The van der Waals surface area contributed by atoms with Crippen molar-refractivity contribution in [1.29, 1.82) is 0 Å². The van der Waals surface area contributed by atoms with Gasteiger partial charge in [0.1, 0.15) is 0 Å². The quantitative estimate of drug-likeness (QED) is 0.615. The predicted octanol–water partition coefficient (Wildman–Crippen LogP) is 4.03. The van der Waals surface area contributed by atoms with E-state index >= 15 is 0 Å². The first kappa shape index (κ1) is 16.2. The molecule has 0 aliphatic rings. The Labute approximate surface area is 117 Å². The molecule has 110 valence electrons. The lowest BCUT2D eigenvalue weighted by Gasteiger charge is -2.05. The Bertz CT molecular complexity index is 325. The minimum absolute atomic E-state index is 0.153. The average Bonchev–Trinajstić information content (AvgIpc) is 2.87. The summed E-state index contributed by atoms with van der Waals surface area (Å²) >= 11 is 0. The van der Waals surface area contributed by atoms with Gasteiger partial charge in [-0.05, 0) is 19.9 Å². The molecule has 0 aliphatic heterocycles. The number of rotatable bonds is 11. The highest BCUT2D eigenvalue weighted by atomic mass is 16.4. The number of aryl methyl sites for hydroxylation is 1. The van der Waals surface area contributed by atoms with Crippen molar-refractivity contribution in [1.82, 2.24) is 15.5 Å². The zero-order valence-electron chi connectivity index (χ0n) is 12.7. The Kier molecular flexibility index (Phi) is 8.47. The molecule has 1 rings (SSSR count). The lowest BCUT2D eigenvalue weighted by molar-refractivity contribution is 0.392. The molecular formula is C15H29N3O. The van der Waals surface area contributed by atoms with Gasteiger partial charge in [-0.2, -0.15) is 0 Å². The van der Waals surface area contributed by atoms with Gasteiger partial charge in [0.25, 0.3) is 0 Å². The van der Waals surface area contributed by atoms with Crippen LogP contribution in [0, 0.1) is 0 Å². The van der Waals surface area contributed by atoms with Crippen molar-refractivity contribution in [3.8, 4) is 0 Å². The van der Waals surface area contributed by atoms with Crippen LogP contribution in [0.15, 0.2) is 4.42 Å². The molecule has 0 spiro atoms. The molecule has 1 aromatic heterocycles. The van der Waals surface area contributed by atoms with E-state index in [0.29, 0.717) is 5.89 Å². The van der Waals surface area contributed by atoms with Crippen LogP contribution >= 0.6 is 0 Å². The molecule has 4 nitrogen and oxygen atoms in total. The highest BCUT2D eigenvalue weighted by Crippen LogP contribution is 2.13. The van der Waals surface area contributed by atoms with Gasteiger partial charge in [-0.3, -0.25) is 0 Å². The third kappa shape index (κ3) is 6.71. The van der Waals surface area contributed by atoms with E-state index in [0.717, 1.165) is 25.3 Å². The molecular weight excluding hydrogens is 238 g/mol. The minimum atomic E-state index is 0.153. The molecule has 1 unspecified atom stereocenters. The van der Waals surface area contributed by atoms with E-state index in [9.17, 15) is 0 Å². The number of aromatic nitrogens is 2. The van der Waals surface area contributed by atoms with Crippen molar-refractivity contribution in [2.75, 3.05) is 6.54 Å². The Morgan fingerprint density at radius 1 is 1.00 bits per heavy atom. The number of nitrogens with one attached hydrogen (secondary N) is 1. The van der Waals surface area contributed by atoms with Gasteiger partial charge < -0.3 is 9.73 Å². The average molecular weight is 267 g/mol. The van der Waals surface area contributed by atoms with Crippen LogP contribution in [0.3, 0.4) is 0 Å². The predicted molar refractivity (Wildman–Crippen MR) is 78.1 cm³/mol. The van der Waals surface area contributed by atoms with E-state index in [-0.39, 0.29) is 6.04 Å². The summed E-state index contributed by atoms with van der Waals surface area (Å²) in [5, 5.41) is 11.5. The summed E-state index contributed by atoms with van der Waals surface area (Å²) < 4.78 is 5.66. The van der Waals surface area contributed by atoms with Crippen molar-refractivity contribution >= 4 is 0 Å². The first-order valence-corrected chi connectivity index (χ1v) is 7.83. The van der Waals surface area contributed by atoms with Gasteiger partial charge in [0, 0.05) is 6.42 Å². The maximum atomic E-state index is 5.66. The smallest absolute Gasteiger partial charge is 0.233 e. The van der Waals surface area contributed by atoms with Gasteiger partial charge in [0.15, 0.2) is 0 Å². The molecule has 0 bridgehead atoms. The van der Waals surface area contributed by atoms with E-state index in [1.165, 1.54) is 38.5 Å². The maximum Gasteiger partial charge on any atom is 0.233 e. The maximum absolute atomic E-state index is 5.66. The van der Waals surface area contributed by atoms with Gasteiger partial charge in [-0.25, -0.2) is 0 Å². The summed E-state index contributed by atoms with van der Waals surface area (Å²) in [5.41, 5.74) is 0. The third-order valence-corrected chi connectivity index (χ3v) is 3.36. The molecule has 0 saturated carbocycles. The molecule has 0 radical (unpaired) electrons. The molecule has 1 heterocycles. The summed E-state index contributed by atoms with van der Waals surface area (Å²) in [7, 11) is 0. The highest BCUT2D eigenvalue weighted by Gasteiger charge is 2.12. The van der Waals surface area contributed by atoms with Gasteiger partial charge in [0.05, 0.1) is 6.04 Å². The van der Waals surface area contributed by atoms with E-state index in [1.807, 2.05) is 0 Å². The number of hydrogen-bond donors (Lipinski definition) is 1. The van der Waals surface area contributed by atoms with Gasteiger partial charge in [-0.15, -0.1) is 10.2 Å². The Morgan fingerprint density at radius 3 is 2.37 bits per heavy atom. The standard InChI is InChI=1S/C15H29N3O/c1-4-6-7-8-9-10-11-12-14-17-18-15(19-14)13(3)16-5-2/h13,16H,4-12H2,1-3H3. The van der Waals surface area contributed by atoms with Crippen LogP contribution in [0.5, 0.6) is 0 Å². The fraction of sp³-hybridized carbons (Fsp3) is 0.867. The summed E-state index contributed by atoms with van der Waals surface area (Å²) in [6.07, 6.45) is 10.1. The molecule has 0 fully saturated rings. The molecule has 1 aromatic rings. The normalized spacial score (nSPS) is 12.8. The zero-order chi connectivity index (χ0) is 13.9. The zero-order valence-corrected chi connectivity index (χ0v) is 12.7. The van der Waals surface area contributed by atoms with Crippen LogP contribution in [0.2, 0.25) is 0 Å². The second kappa shape index (κ2) is 9.96. The second-order valence-electron chi connectivity index (χ2n) is 5.18. The number of hydrogen-bond acceptors (Lipinski definition) is 4. The Morgan fingerprint density at radius 2 is 1.68 bits per heavy atom. The van der Waals surface area contributed by atoms with Crippen molar-refractivity contribution in [2.24, 2.45) is 0 Å². The highest BCUT2D eigenvalue weighted by molar-refractivity contribution is 4.88. The van der Waals surface area contributed by atoms with Crippen LogP contribution < -0.4 is 5.32 Å². The van der Waals surface area contributed by atoms with Crippen LogP contribution in [0.25, 0.3) is 0 Å². The fourth-order valence-electron chi connectivity index (χ4n) is 2.17. The minimum Gasteiger partial charge on any atom is -0.424 e. The summed E-state index contributed by atoms with van der Waals surface area (Å²) in [6.45, 7) is 7.29. The van der Waals surface area contributed by atoms with Crippen molar-refractivity contribution in [3.63, 3.8) is 0 Å². The van der Waals surface area contributed by atoms with Gasteiger partial charge in [0.2, 0.25) is 11.8 Å². The number of unbranched alkanes of at least 4 members (excludes halogenated alkanes) is 6. The monoisotopic (exact) mass is 267 g/mol. The first-order chi connectivity index (χ1) is 9.27. The van der Waals surface area contributed by atoms with Crippen molar-refractivity contribution in [3.05, 3.63) is 11.8 Å². The van der Waals surface area contributed by atoms with Crippen molar-refractivity contribution < 1.29 is 4.42 Å². The molecule has 0 saturated heterocycles. The SMILES string of the molecule is CCCCCCCCCc1nnc(C(C)NCC)o1. The summed E-state index contributed by atoms with van der Waals surface area (Å²) in [5.74, 6) is 1.49. The Hall–Kier alpha value is -0.900. The topological polar surface area (TPSA) is 51.0 Å². The van der Waals surface area contributed by atoms with E-state index < -0.39 is 0 Å². The fourth-order valence-corrected chi connectivity index (χ4v) is 2.17. The molecule has 19 heavy (non-hydrogen) atoms.